The van der Waals surface area contributed by atoms with E-state index in [1.807, 2.05) is 0 Å². The SMILES string of the molecule is NCCN1CCC(c2ccccc2)C1. The average molecular weight is 190 g/mol. The molecule has 1 saturated heterocycles. The molecule has 1 aromatic rings. The maximum Gasteiger partial charge on any atom is 0.0105 e. The zero-order chi connectivity index (χ0) is 9.80. The van der Waals surface area contributed by atoms with Crippen LogP contribution in [0.25, 0.3) is 0 Å². The van der Waals surface area contributed by atoms with Crippen LogP contribution in [0, 0.1) is 0 Å². The van der Waals surface area contributed by atoms with Crippen molar-refractivity contribution >= 4 is 0 Å². The summed E-state index contributed by atoms with van der Waals surface area (Å²) in [5.74, 6) is 0.725. The van der Waals surface area contributed by atoms with Crippen molar-refractivity contribution in [2.24, 2.45) is 5.73 Å². The second-order valence-corrected chi connectivity index (χ2v) is 3.99. The van der Waals surface area contributed by atoms with Gasteiger partial charge < -0.3 is 10.6 Å². The average Bonchev–Trinajstić information content (AvgIpc) is 2.68. The molecule has 0 saturated carbocycles. The van der Waals surface area contributed by atoms with Gasteiger partial charge in [-0.25, -0.2) is 0 Å². The molecule has 0 aromatic heterocycles. The zero-order valence-corrected chi connectivity index (χ0v) is 8.52. The minimum Gasteiger partial charge on any atom is -0.329 e. The maximum absolute atomic E-state index is 5.55. The number of likely N-dealkylation sites (tertiary alicyclic amines) is 1. The molecule has 1 unspecified atom stereocenters. The standard InChI is InChI=1S/C12H18N2/c13-7-9-14-8-6-12(10-14)11-4-2-1-3-5-11/h1-5,12H,6-10,13H2. The first kappa shape index (κ1) is 9.69. The molecule has 1 heterocycles. The van der Waals surface area contributed by atoms with Crippen LogP contribution in [0.1, 0.15) is 17.9 Å². The van der Waals surface area contributed by atoms with Crippen LogP contribution in [0.5, 0.6) is 0 Å². The van der Waals surface area contributed by atoms with Crippen molar-refractivity contribution in [1.82, 2.24) is 4.90 Å². The summed E-state index contributed by atoms with van der Waals surface area (Å²) in [6, 6.07) is 10.8. The summed E-state index contributed by atoms with van der Waals surface area (Å²) in [5, 5.41) is 0. The summed E-state index contributed by atoms with van der Waals surface area (Å²) in [6.45, 7) is 4.21. The molecule has 2 N–H and O–H groups in total. The minimum absolute atomic E-state index is 0.725. The van der Waals surface area contributed by atoms with Gasteiger partial charge in [-0.15, -0.1) is 0 Å². The summed E-state index contributed by atoms with van der Waals surface area (Å²) in [6.07, 6.45) is 1.28. The van der Waals surface area contributed by atoms with E-state index in [9.17, 15) is 0 Å². The smallest absolute Gasteiger partial charge is 0.0105 e. The molecule has 1 atom stereocenters. The summed E-state index contributed by atoms with van der Waals surface area (Å²) >= 11 is 0. The van der Waals surface area contributed by atoms with Gasteiger partial charge in [0.25, 0.3) is 0 Å². The molecule has 14 heavy (non-hydrogen) atoms. The van der Waals surface area contributed by atoms with Crippen LogP contribution in [0.4, 0.5) is 0 Å². The molecule has 76 valence electrons. The Bertz CT molecular complexity index is 271. The maximum atomic E-state index is 5.55. The van der Waals surface area contributed by atoms with Gasteiger partial charge in [0.15, 0.2) is 0 Å². The van der Waals surface area contributed by atoms with Gasteiger partial charge >= 0.3 is 0 Å². The first-order chi connectivity index (χ1) is 6.90. The van der Waals surface area contributed by atoms with Crippen molar-refractivity contribution in [1.29, 1.82) is 0 Å². The Labute approximate surface area is 85.7 Å². The zero-order valence-electron chi connectivity index (χ0n) is 8.52. The van der Waals surface area contributed by atoms with Crippen LogP contribution >= 0.6 is 0 Å². The van der Waals surface area contributed by atoms with E-state index in [-0.39, 0.29) is 0 Å². The van der Waals surface area contributed by atoms with Crippen molar-refractivity contribution in [3.8, 4) is 0 Å². The van der Waals surface area contributed by atoms with Gasteiger partial charge in [0.2, 0.25) is 0 Å². The summed E-state index contributed by atoms with van der Waals surface area (Å²) in [5.41, 5.74) is 7.03. The lowest BCUT2D eigenvalue weighted by Gasteiger charge is -2.14. The van der Waals surface area contributed by atoms with Gasteiger partial charge in [0, 0.05) is 19.6 Å². The molecular formula is C12H18N2. The third-order valence-electron chi connectivity index (χ3n) is 2.99. The molecule has 1 aliphatic heterocycles. The molecule has 0 radical (unpaired) electrons. The van der Waals surface area contributed by atoms with Gasteiger partial charge in [-0.1, -0.05) is 30.3 Å². The Hall–Kier alpha value is -0.860. The molecule has 0 amide bonds. The minimum atomic E-state index is 0.725. The van der Waals surface area contributed by atoms with E-state index < -0.39 is 0 Å². The number of nitrogens with two attached hydrogens (primary N) is 1. The Kier molecular flexibility index (Phi) is 3.17. The predicted molar refractivity (Wildman–Crippen MR) is 59.3 cm³/mol. The van der Waals surface area contributed by atoms with Gasteiger partial charge in [-0.3, -0.25) is 0 Å². The Balaban J connectivity index is 1.96. The molecule has 2 nitrogen and oxygen atoms in total. The van der Waals surface area contributed by atoms with Crippen LogP contribution in [-0.4, -0.2) is 31.1 Å². The van der Waals surface area contributed by atoms with Crippen molar-refractivity contribution < 1.29 is 0 Å². The molecule has 0 spiro atoms. The highest BCUT2D eigenvalue weighted by Gasteiger charge is 2.22. The normalized spacial score (nSPS) is 22.8. The van der Waals surface area contributed by atoms with Crippen LogP contribution in [-0.2, 0) is 0 Å². The monoisotopic (exact) mass is 190 g/mol. The molecule has 1 aromatic carbocycles. The van der Waals surface area contributed by atoms with Crippen LogP contribution in [0.15, 0.2) is 30.3 Å². The van der Waals surface area contributed by atoms with E-state index in [0.717, 1.165) is 19.0 Å². The van der Waals surface area contributed by atoms with E-state index in [0.29, 0.717) is 0 Å². The fourth-order valence-electron chi connectivity index (χ4n) is 2.22. The molecule has 0 bridgehead atoms. The fraction of sp³-hybridized carbons (Fsp3) is 0.500. The van der Waals surface area contributed by atoms with Crippen LogP contribution < -0.4 is 5.73 Å². The lowest BCUT2D eigenvalue weighted by molar-refractivity contribution is 0.344. The molecule has 2 heteroatoms. The number of hydrogen-bond donors (Lipinski definition) is 1. The summed E-state index contributed by atoms with van der Waals surface area (Å²) in [7, 11) is 0. The van der Waals surface area contributed by atoms with Crippen molar-refractivity contribution in [3.63, 3.8) is 0 Å². The fourth-order valence-corrected chi connectivity index (χ4v) is 2.22. The largest absolute Gasteiger partial charge is 0.329 e. The third kappa shape index (κ3) is 2.14. The van der Waals surface area contributed by atoms with Crippen molar-refractivity contribution in [3.05, 3.63) is 35.9 Å². The Morgan fingerprint density at radius 1 is 1.29 bits per heavy atom. The lowest BCUT2D eigenvalue weighted by atomic mass is 9.99. The first-order valence-electron chi connectivity index (χ1n) is 5.37. The molecular weight excluding hydrogens is 172 g/mol. The number of rotatable bonds is 3. The number of nitrogens with zero attached hydrogens (tertiary/aromatic N) is 1. The van der Waals surface area contributed by atoms with Crippen LogP contribution in [0.3, 0.4) is 0 Å². The highest BCUT2D eigenvalue weighted by molar-refractivity contribution is 5.20. The van der Waals surface area contributed by atoms with Crippen molar-refractivity contribution in [2.45, 2.75) is 12.3 Å². The lowest BCUT2D eigenvalue weighted by Crippen LogP contribution is -2.26. The first-order valence-corrected chi connectivity index (χ1v) is 5.37. The Morgan fingerprint density at radius 2 is 2.07 bits per heavy atom. The second-order valence-electron chi connectivity index (χ2n) is 3.99. The van der Waals surface area contributed by atoms with Gasteiger partial charge in [-0.05, 0) is 24.4 Å². The molecule has 2 rings (SSSR count). The highest BCUT2D eigenvalue weighted by atomic mass is 15.1. The van der Waals surface area contributed by atoms with E-state index in [2.05, 4.69) is 35.2 Å². The predicted octanol–water partition coefficient (Wildman–Crippen LogP) is 1.43. The molecule has 1 aliphatic rings. The Morgan fingerprint density at radius 3 is 2.79 bits per heavy atom. The number of benzene rings is 1. The van der Waals surface area contributed by atoms with Crippen LogP contribution in [0.2, 0.25) is 0 Å². The van der Waals surface area contributed by atoms with E-state index in [1.54, 1.807) is 0 Å². The van der Waals surface area contributed by atoms with E-state index in [4.69, 9.17) is 5.73 Å². The second kappa shape index (κ2) is 4.58. The van der Waals surface area contributed by atoms with Gasteiger partial charge in [-0.2, -0.15) is 0 Å². The van der Waals surface area contributed by atoms with Gasteiger partial charge in [0.05, 0.1) is 0 Å². The van der Waals surface area contributed by atoms with E-state index in [1.165, 1.54) is 25.1 Å². The highest BCUT2D eigenvalue weighted by Crippen LogP contribution is 2.26. The third-order valence-corrected chi connectivity index (χ3v) is 2.99. The van der Waals surface area contributed by atoms with Gasteiger partial charge in [0.1, 0.15) is 0 Å². The quantitative estimate of drug-likeness (QED) is 0.781. The summed E-state index contributed by atoms with van der Waals surface area (Å²) < 4.78 is 0. The molecule has 1 fully saturated rings. The topological polar surface area (TPSA) is 29.3 Å². The van der Waals surface area contributed by atoms with E-state index >= 15 is 0 Å². The molecule has 0 aliphatic carbocycles. The van der Waals surface area contributed by atoms with Crippen molar-refractivity contribution in [2.75, 3.05) is 26.2 Å². The summed E-state index contributed by atoms with van der Waals surface area (Å²) in [4.78, 5) is 2.46. The number of hydrogen-bond acceptors (Lipinski definition) is 2.